The van der Waals surface area contributed by atoms with Crippen molar-refractivity contribution in [2.75, 3.05) is 16.8 Å². The van der Waals surface area contributed by atoms with Gasteiger partial charge in [-0.2, -0.15) is 0 Å². The highest BCUT2D eigenvalue weighted by molar-refractivity contribution is 7.85. The van der Waals surface area contributed by atoms with Gasteiger partial charge in [0, 0.05) is 15.5 Å². The predicted octanol–water partition coefficient (Wildman–Crippen LogP) is 3.27. The first-order chi connectivity index (χ1) is 12.1. The highest BCUT2D eigenvalue weighted by Crippen LogP contribution is 2.22. The third kappa shape index (κ3) is 3.70. The lowest BCUT2D eigenvalue weighted by atomic mass is 10.1. The van der Waals surface area contributed by atoms with Crippen molar-refractivity contribution in [3.8, 4) is 0 Å². The molecule has 1 atom stereocenters. The normalized spacial score (nSPS) is 11.7. The molecule has 0 aliphatic carbocycles. The number of benzene rings is 3. The minimum atomic E-state index is -1.26. The van der Waals surface area contributed by atoms with Gasteiger partial charge >= 0.3 is 0 Å². The van der Waals surface area contributed by atoms with Gasteiger partial charge in [-0.1, -0.05) is 24.3 Å². The SMILES string of the molecule is Nc1cccc(C(=O)Nc2ccc(S(=O)c3ccccc3)cc2)c1N. The molecule has 0 aliphatic rings. The number of hydrogen-bond acceptors (Lipinski definition) is 4. The summed E-state index contributed by atoms with van der Waals surface area (Å²) < 4.78 is 12.5. The standard InChI is InChI=1S/C19H17N3O2S/c20-17-8-4-7-16(18(17)21)19(23)22-13-9-11-15(12-10-13)25(24)14-5-2-1-3-6-14/h1-12H,20-21H2,(H,22,23). The van der Waals surface area contributed by atoms with E-state index in [2.05, 4.69) is 5.32 Å². The number of nitrogens with two attached hydrogens (primary N) is 2. The molecule has 3 rings (SSSR count). The summed E-state index contributed by atoms with van der Waals surface area (Å²) in [6.45, 7) is 0. The van der Waals surface area contributed by atoms with Crippen LogP contribution in [0.5, 0.6) is 0 Å². The van der Waals surface area contributed by atoms with Crippen molar-refractivity contribution in [3.63, 3.8) is 0 Å². The van der Waals surface area contributed by atoms with Gasteiger partial charge in [-0.3, -0.25) is 4.79 Å². The Hall–Kier alpha value is -3.12. The van der Waals surface area contributed by atoms with Crippen LogP contribution in [0.25, 0.3) is 0 Å². The van der Waals surface area contributed by atoms with E-state index in [0.717, 1.165) is 4.90 Å². The smallest absolute Gasteiger partial charge is 0.257 e. The zero-order chi connectivity index (χ0) is 17.8. The molecule has 1 amide bonds. The third-order valence-electron chi connectivity index (χ3n) is 3.67. The Bertz CT molecular complexity index is 925. The van der Waals surface area contributed by atoms with E-state index in [1.807, 2.05) is 30.3 Å². The van der Waals surface area contributed by atoms with E-state index in [1.165, 1.54) is 0 Å². The number of nitrogens with one attached hydrogen (secondary N) is 1. The number of nitrogen functional groups attached to an aromatic ring is 2. The van der Waals surface area contributed by atoms with Crippen LogP contribution >= 0.6 is 0 Å². The van der Waals surface area contributed by atoms with Crippen LogP contribution in [0.15, 0.2) is 82.6 Å². The number of carbonyl (C=O) groups is 1. The number of hydrogen-bond donors (Lipinski definition) is 3. The van der Waals surface area contributed by atoms with Crippen LogP contribution in [-0.2, 0) is 10.8 Å². The summed E-state index contributed by atoms with van der Waals surface area (Å²) in [5.74, 6) is -0.346. The second-order valence-electron chi connectivity index (χ2n) is 5.37. The second-order valence-corrected chi connectivity index (χ2v) is 6.85. The summed E-state index contributed by atoms with van der Waals surface area (Å²) in [6, 6.07) is 21.0. The number of carbonyl (C=O) groups excluding carboxylic acids is 1. The first-order valence-corrected chi connectivity index (χ1v) is 8.73. The highest BCUT2D eigenvalue weighted by Gasteiger charge is 2.12. The van der Waals surface area contributed by atoms with Gasteiger partial charge in [-0.25, -0.2) is 4.21 Å². The van der Waals surface area contributed by atoms with Crippen LogP contribution in [0.3, 0.4) is 0 Å². The average Bonchev–Trinajstić information content (AvgIpc) is 2.64. The van der Waals surface area contributed by atoms with Gasteiger partial charge in [0.1, 0.15) is 0 Å². The van der Waals surface area contributed by atoms with Crippen molar-refractivity contribution in [2.24, 2.45) is 0 Å². The molecule has 0 radical (unpaired) electrons. The number of para-hydroxylation sites is 1. The van der Waals surface area contributed by atoms with Gasteiger partial charge in [0.05, 0.1) is 27.7 Å². The molecule has 3 aromatic carbocycles. The van der Waals surface area contributed by atoms with E-state index in [9.17, 15) is 9.00 Å². The Morgan fingerprint density at radius 2 is 1.44 bits per heavy atom. The number of rotatable bonds is 4. The Morgan fingerprint density at radius 3 is 2.12 bits per heavy atom. The lowest BCUT2D eigenvalue weighted by molar-refractivity contribution is 0.102. The fourth-order valence-electron chi connectivity index (χ4n) is 2.32. The maximum Gasteiger partial charge on any atom is 0.257 e. The van der Waals surface area contributed by atoms with Crippen molar-refractivity contribution in [1.29, 1.82) is 0 Å². The van der Waals surface area contributed by atoms with Crippen molar-refractivity contribution < 1.29 is 9.00 Å². The van der Waals surface area contributed by atoms with E-state index in [-0.39, 0.29) is 11.6 Å². The summed E-state index contributed by atoms with van der Waals surface area (Å²) in [6.07, 6.45) is 0. The molecule has 0 saturated heterocycles. The highest BCUT2D eigenvalue weighted by atomic mass is 32.2. The molecule has 0 fully saturated rings. The van der Waals surface area contributed by atoms with Crippen LogP contribution < -0.4 is 16.8 Å². The van der Waals surface area contributed by atoms with Gasteiger partial charge in [0.2, 0.25) is 0 Å². The largest absolute Gasteiger partial charge is 0.397 e. The van der Waals surface area contributed by atoms with Crippen LogP contribution in [0.1, 0.15) is 10.4 Å². The van der Waals surface area contributed by atoms with Crippen molar-refractivity contribution in [3.05, 3.63) is 78.4 Å². The summed E-state index contributed by atoms with van der Waals surface area (Å²) in [5.41, 5.74) is 13.1. The molecule has 0 saturated carbocycles. The van der Waals surface area contributed by atoms with Gasteiger partial charge in [-0.15, -0.1) is 0 Å². The van der Waals surface area contributed by atoms with Crippen LogP contribution in [0.2, 0.25) is 0 Å². The first-order valence-electron chi connectivity index (χ1n) is 7.58. The van der Waals surface area contributed by atoms with E-state index in [1.54, 1.807) is 42.5 Å². The maximum absolute atomic E-state index is 12.5. The molecule has 0 spiro atoms. The molecule has 6 heteroatoms. The molecule has 0 aliphatic heterocycles. The predicted molar refractivity (Wildman–Crippen MR) is 101 cm³/mol. The lowest BCUT2D eigenvalue weighted by Crippen LogP contribution is -2.14. The Morgan fingerprint density at radius 1 is 0.800 bits per heavy atom. The van der Waals surface area contributed by atoms with Crippen LogP contribution in [-0.4, -0.2) is 10.1 Å². The van der Waals surface area contributed by atoms with Gasteiger partial charge in [0.25, 0.3) is 5.91 Å². The lowest BCUT2D eigenvalue weighted by Gasteiger charge is -2.10. The minimum Gasteiger partial charge on any atom is -0.397 e. The van der Waals surface area contributed by atoms with Gasteiger partial charge in [0.15, 0.2) is 0 Å². The molecule has 0 aromatic heterocycles. The van der Waals surface area contributed by atoms with Crippen molar-refractivity contribution in [1.82, 2.24) is 0 Å². The second kappa shape index (κ2) is 7.19. The maximum atomic E-state index is 12.5. The Labute approximate surface area is 148 Å². The van der Waals surface area contributed by atoms with Crippen molar-refractivity contribution >= 4 is 33.8 Å². The summed E-state index contributed by atoms with van der Waals surface area (Å²) in [7, 11) is -1.26. The van der Waals surface area contributed by atoms with Gasteiger partial charge < -0.3 is 16.8 Å². The average molecular weight is 351 g/mol. The molecule has 25 heavy (non-hydrogen) atoms. The van der Waals surface area contributed by atoms with E-state index in [0.29, 0.717) is 21.8 Å². The molecule has 3 aromatic rings. The quantitative estimate of drug-likeness (QED) is 0.628. The fraction of sp³-hybridized carbons (Fsp3) is 0. The number of anilines is 3. The minimum absolute atomic E-state index is 0.252. The van der Waals surface area contributed by atoms with E-state index in [4.69, 9.17) is 11.5 Å². The van der Waals surface area contributed by atoms with Crippen molar-refractivity contribution in [2.45, 2.75) is 9.79 Å². The number of amides is 1. The monoisotopic (exact) mass is 351 g/mol. The summed E-state index contributed by atoms with van der Waals surface area (Å²) in [4.78, 5) is 13.7. The molecule has 1 unspecified atom stereocenters. The Balaban J connectivity index is 1.76. The molecule has 5 nitrogen and oxygen atoms in total. The first kappa shape index (κ1) is 16.7. The topological polar surface area (TPSA) is 98.2 Å². The van der Waals surface area contributed by atoms with E-state index < -0.39 is 10.8 Å². The van der Waals surface area contributed by atoms with Gasteiger partial charge in [-0.05, 0) is 48.5 Å². The zero-order valence-corrected chi connectivity index (χ0v) is 14.1. The fourth-order valence-corrected chi connectivity index (χ4v) is 3.38. The summed E-state index contributed by atoms with van der Waals surface area (Å²) >= 11 is 0. The molecule has 0 heterocycles. The molecule has 0 bridgehead atoms. The van der Waals surface area contributed by atoms with E-state index >= 15 is 0 Å². The molecular formula is C19H17N3O2S. The third-order valence-corrected chi connectivity index (χ3v) is 5.07. The zero-order valence-electron chi connectivity index (χ0n) is 13.3. The molecule has 5 N–H and O–H groups in total. The van der Waals surface area contributed by atoms with Crippen LogP contribution in [0, 0.1) is 0 Å². The molecular weight excluding hydrogens is 334 g/mol. The molecule has 126 valence electrons. The summed E-state index contributed by atoms with van der Waals surface area (Å²) in [5, 5.41) is 2.76. The Kier molecular flexibility index (Phi) is 4.81. The van der Waals surface area contributed by atoms with Crippen LogP contribution in [0.4, 0.5) is 17.1 Å².